The Morgan fingerprint density at radius 1 is 1.03 bits per heavy atom. The third-order valence-electron chi connectivity index (χ3n) is 5.26. The molecule has 2 aromatic rings. The SMILES string of the molecule is CN(C(=O)COC(=O)CN1C(=O)N[C@](C)(CCc2ccccc2)C1=O)c1ccccc1. The average Bonchev–Trinajstić information content (AvgIpc) is 3.00. The highest BCUT2D eigenvalue weighted by Gasteiger charge is 2.48. The predicted molar refractivity (Wildman–Crippen MR) is 114 cm³/mol. The number of likely N-dealkylation sites (N-methyl/N-ethyl adjacent to an activating group) is 1. The van der Waals surface area contributed by atoms with E-state index < -0.39 is 42.5 Å². The van der Waals surface area contributed by atoms with E-state index in [1.165, 1.54) is 4.90 Å². The number of rotatable bonds is 8. The van der Waals surface area contributed by atoms with Gasteiger partial charge in [-0.15, -0.1) is 0 Å². The molecule has 0 aromatic heterocycles. The third-order valence-corrected chi connectivity index (χ3v) is 5.26. The summed E-state index contributed by atoms with van der Waals surface area (Å²) in [6.45, 7) is 0.604. The van der Waals surface area contributed by atoms with Gasteiger partial charge < -0.3 is 15.0 Å². The Morgan fingerprint density at radius 3 is 2.29 bits per heavy atom. The van der Waals surface area contributed by atoms with Crippen LogP contribution in [0.3, 0.4) is 0 Å². The molecule has 2 aromatic carbocycles. The normalized spacial score (nSPS) is 17.9. The molecule has 0 unspecified atom stereocenters. The Balaban J connectivity index is 1.52. The Labute approximate surface area is 180 Å². The van der Waals surface area contributed by atoms with Crippen molar-refractivity contribution in [2.45, 2.75) is 25.3 Å². The lowest BCUT2D eigenvalue weighted by atomic mass is 9.93. The molecule has 0 spiro atoms. The van der Waals surface area contributed by atoms with E-state index in [0.717, 1.165) is 10.5 Å². The Hall–Kier alpha value is -3.68. The summed E-state index contributed by atoms with van der Waals surface area (Å²) in [5, 5.41) is 2.66. The van der Waals surface area contributed by atoms with Crippen LogP contribution < -0.4 is 10.2 Å². The fourth-order valence-corrected chi connectivity index (χ4v) is 3.31. The molecule has 0 bridgehead atoms. The number of nitrogens with zero attached hydrogens (tertiary/aromatic N) is 2. The molecule has 1 saturated heterocycles. The van der Waals surface area contributed by atoms with Crippen LogP contribution in [-0.2, 0) is 25.5 Å². The van der Waals surface area contributed by atoms with Crippen LogP contribution in [0.25, 0.3) is 0 Å². The van der Waals surface area contributed by atoms with Crippen molar-refractivity contribution in [1.29, 1.82) is 0 Å². The van der Waals surface area contributed by atoms with Gasteiger partial charge in [-0.05, 0) is 37.5 Å². The van der Waals surface area contributed by atoms with E-state index in [-0.39, 0.29) is 0 Å². The van der Waals surface area contributed by atoms with Crippen molar-refractivity contribution in [3.8, 4) is 0 Å². The number of hydrogen-bond donors (Lipinski definition) is 1. The van der Waals surface area contributed by atoms with E-state index in [1.807, 2.05) is 36.4 Å². The van der Waals surface area contributed by atoms with Gasteiger partial charge in [0.25, 0.3) is 11.8 Å². The van der Waals surface area contributed by atoms with Crippen LogP contribution in [0.15, 0.2) is 60.7 Å². The fourth-order valence-electron chi connectivity index (χ4n) is 3.31. The van der Waals surface area contributed by atoms with Crippen LogP contribution in [0.1, 0.15) is 18.9 Å². The highest BCUT2D eigenvalue weighted by Crippen LogP contribution is 2.23. The largest absolute Gasteiger partial charge is 0.454 e. The lowest BCUT2D eigenvalue weighted by molar-refractivity contribution is -0.150. The first kappa shape index (κ1) is 22.0. The molecule has 162 valence electrons. The number of para-hydroxylation sites is 1. The van der Waals surface area contributed by atoms with Crippen molar-refractivity contribution in [3.63, 3.8) is 0 Å². The van der Waals surface area contributed by atoms with Gasteiger partial charge in [0.1, 0.15) is 12.1 Å². The molecule has 0 saturated carbocycles. The quantitative estimate of drug-likeness (QED) is 0.518. The number of carbonyl (C=O) groups is 4. The number of carbonyl (C=O) groups excluding carboxylic acids is 4. The summed E-state index contributed by atoms with van der Waals surface area (Å²) in [6.07, 6.45) is 0.995. The zero-order chi connectivity index (χ0) is 22.4. The molecular weight excluding hydrogens is 398 g/mol. The van der Waals surface area contributed by atoms with Gasteiger partial charge in [0.15, 0.2) is 6.61 Å². The molecule has 1 aliphatic heterocycles. The van der Waals surface area contributed by atoms with Crippen LogP contribution in [0.4, 0.5) is 10.5 Å². The predicted octanol–water partition coefficient (Wildman–Crippen LogP) is 2.14. The number of aryl methyl sites for hydroxylation is 1. The number of anilines is 1. The maximum absolute atomic E-state index is 12.8. The van der Waals surface area contributed by atoms with Crippen LogP contribution in [0.5, 0.6) is 0 Å². The molecule has 3 rings (SSSR count). The summed E-state index contributed by atoms with van der Waals surface area (Å²) in [5.74, 6) is -1.74. The molecule has 1 fully saturated rings. The molecule has 0 aliphatic carbocycles. The number of amides is 4. The zero-order valence-corrected chi connectivity index (χ0v) is 17.5. The number of urea groups is 1. The molecule has 31 heavy (non-hydrogen) atoms. The summed E-state index contributed by atoms with van der Waals surface area (Å²) in [4.78, 5) is 51.7. The molecular formula is C23H25N3O5. The summed E-state index contributed by atoms with van der Waals surface area (Å²) < 4.78 is 5.00. The van der Waals surface area contributed by atoms with Crippen molar-refractivity contribution >= 4 is 29.5 Å². The van der Waals surface area contributed by atoms with E-state index >= 15 is 0 Å². The monoisotopic (exact) mass is 423 g/mol. The van der Waals surface area contributed by atoms with Gasteiger partial charge in [-0.1, -0.05) is 48.5 Å². The van der Waals surface area contributed by atoms with Crippen LogP contribution in [0.2, 0.25) is 0 Å². The molecule has 4 amide bonds. The lowest BCUT2D eigenvalue weighted by Gasteiger charge is -2.21. The minimum Gasteiger partial charge on any atom is -0.454 e. The highest BCUT2D eigenvalue weighted by molar-refractivity contribution is 6.08. The summed E-state index contributed by atoms with van der Waals surface area (Å²) in [7, 11) is 1.57. The minimum absolute atomic E-state index is 0.396. The van der Waals surface area contributed by atoms with Crippen molar-refractivity contribution < 1.29 is 23.9 Å². The molecule has 1 atom stereocenters. The Bertz CT molecular complexity index is 964. The number of ether oxygens (including phenoxy) is 1. The molecule has 0 radical (unpaired) electrons. The second-order valence-electron chi connectivity index (χ2n) is 7.59. The second kappa shape index (κ2) is 9.42. The second-order valence-corrected chi connectivity index (χ2v) is 7.59. The number of imide groups is 1. The summed E-state index contributed by atoms with van der Waals surface area (Å²) in [6, 6.07) is 17.9. The van der Waals surface area contributed by atoms with Crippen LogP contribution >= 0.6 is 0 Å². The van der Waals surface area contributed by atoms with E-state index in [0.29, 0.717) is 18.5 Å². The Morgan fingerprint density at radius 2 is 1.65 bits per heavy atom. The smallest absolute Gasteiger partial charge is 0.326 e. The number of hydrogen-bond acceptors (Lipinski definition) is 5. The van der Waals surface area contributed by atoms with Crippen LogP contribution in [0, 0.1) is 0 Å². The first-order valence-corrected chi connectivity index (χ1v) is 9.95. The van der Waals surface area contributed by atoms with E-state index in [4.69, 9.17) is 4.74 Å². The molecule has 1 heterocycles. The summed E-state index contributed by atoms with van der Waals surface area (Å²) in [5.41, 5.74) is 0.604. The van der Waals surface area contributed by atoms with E-state index in [1.54, 1.807) is 38.2 Å². The van der Waals surface area contributed by atoms with Crippen molar-refractivity contribution in [1.82, 2.24) is 10.2 Å². The fraction of sp³-hybridized carbons (Fsp3) is 0.304. The van der Waals surface area contributed by atoms with E-state index in [2.05, 4.69) is 5.32 Å². The van der Waals surface area contributed by atoms with Crippen molar-refractivity contribution in [2.24, 2.45) is 0 Å². The van der Waals surface area contributed by atoms with Gasteiger partial charge in [0, 0.05) is 12.7 Å². The van der Waals surface area contributed by atoms with Crippen LogP contribution in [-0.4, -0.2) is 54.5 Å². The Kier molecular flexibility index (Phi) is 6.69. The topological polar surface area (TPSA) is 96.0 Å². The number of esters is 1. The maximum atomic E-state index is 12.8. The molecule has 1 aliphatic rings. The minimum atomic E-state index is -1.10. The van der Waals surface area contributed by atoms with Gasteiger partial charge >= 0.3 is 12.0 Å². The van der Waals surface area contributed by atoms with Gasteiger partial charge in [-0.25, -0.2) is 4.79 Å². The maximum Gasteiger partial charge on any atom is 0.326 e. The van der Waals surface area contributed by atoms with Gasteiger partial charge in [-0.3, -0.25) is 19.3 Å². The molecule has 1 N–H and O–H groups in total. The molecule has 8 nitrogen and oxygen atoms in total. The molecule has 8 heteroatoms. The highest BCUT2D eigenvalue weighted by atomic mass is 16.5. The van der Waals surface area contributed by atoms with Crippen molar-refractivity contribution in [3.05, 3.63) is 66.2 Å². The lowest BCUT2D eigenvalue weighted by Crippen LogP contribution is -2.44. The standard InChI is InChI=1S/C23H25N3O5/c1-23(14-13-17-9-5-3-6-10-17)21(29)26(22(30)24-23)15-20(28)31-16-19(27)25(2)18-11-7-4-8-12-18/h3-12H,13-16H2,1-2H3,(H,24,30)/t23-/m1/s1. The van der Waals surface area contributed by atoms with E-state index in [9.17, 15) is 19.2 Å². The van der Waals surface area contributed by atoms with Crippen molar-refractivity contribution in [2.75, 3.05) is 25.1 Å². The average molecular weight is 423 g/mol. The third kappa shape index (κ3) is 5.28. The first-order chi connectivity index (χ1) is 14.8. The van der Waals surface area contributed by atoms with Gasteiger partial charge in [0.2, 0.25) is 0 Å². The first-order valence-electron chi connectivity index (χ1n) is 9.95. The zero-order valence-electron chi connectivity index (χ0n) is 17.5. The summed E-state index contributed by atoms with van der Waals surface area (Å²) >= 11 is 0. The van der Waals surface area contributed by atoms with Gasteiger partial charge in [0.05, 0.1) is 0 Å². The number of benzene rings is 2. The number of nitrogens with one attached hydrogen (secondary N) is 1. The van der Waals surface area contributed by atoms with Gasteiger partial charge in [-0.2, -0.15) is 0 Å².